The van der Waals surface area contributed by atoms with Gasteiger partial charge in [0.25, 0.3) is 0 Å². The second kappa shape index (κ2) is 10.6. The maximum Gasteiger partial charge on any atom is 0.416 e. The van der Waals surface area contributed by atoms with Crippen LogP contribution in [0, 0.1) is 5.92 Å². The van der Waals surface area contributed by atoms with E-state index in [1.807, 2.05) is 12.1 Å². The summed E-state index contributed by atoms with van der Waals surface area (Å²) in [6.07, 6.45) is -4.65. The van der Waals surface area contributed by atoms with Gasteiger partial charge in [0, 0.05) is 25.9 Å². The summed E-state index contributed by atoms with van der Waals surface area (Å²) in [5.41, 5.74) is 0.277. The fraction of sp³-hybridized carbons (Fsp3) is 0.179. The summed E-state index contributed by atoms with van der Waals surface area (Å²) in [5, 5.41) is 0.0540. The molecule has 0 unspecified atom stereocenters. The van der Waals surface area contributed by atoms with Crippen LogP contribution in [0.15, 0.2) is 81.0 Å². The van der Waals surface area contributed by atoms with E-state index in [2.05, 4.69) is 20.9 Å². The first-order chi connectivity index (χ1) is 19.5. The van der Waals surface area contributed by atoms with Crippen molar-refractivity contribution in [1.29, 1.82) is 0 Å². The Morgan fingerprint density at radius 3 is 2.49 bits per heavy atom. The number of thioether (sulfide) groups is 1. The molecule has 4 aromatic rings. The summed E-state index contributed by atoms with van der Waals surface area (Å²) in [5.74, 6) is -2.63. The molecule has 1 saturated heterocycles. The van der Waals surface area contributed by atoms with Crippen molar-refractivity contribution >= 4 is 68.1 Å². The van der Waals surface area contributed by atoms with Gasteiger partial charge in [-0.15, -0.1) is 0 Å². The molecule has 1 N–H and O–H groups in total. The van der Waals surface area contributed by atoms with Crippen LogP contribution < -0.4 is 14.5 Å². The van der Waals surface area contributed by atoms with Crippen LogP contribution >= 0.6 is 50.6 Å². The van der Waals surface area contributed by atoms with E-state index in [0.717, 1.165) is 51.8 Å². The fourth-order valence-electron chi connectivity index (χ4n) is 5.06. The molecule has 2 aliphatic heterocycles. The molecular weight excluding hydrogens is 665 g/mol. The van der Waals surface area contributed by atoms with Crippen molar-refractivity contribution in [3.05, 3.63) is 107 Å². The number of amides is 2. The van der Waals surface area contributed by atoms with Gasteiger partial charge in [-0.25, -0.2) is 4.90 Å². The number of ether oxygens (including phenoxy) is 1. The van der Waals surface area contributed by atoms with Gasteiger partial charge in [0.05, 0.1) is 22.2 Å². The van der Waals surface area contributed by atoms with Crippen molar-refractivity contribution in [3.8, 4) is 5.75 Å². The zero-order valence-corrected chi connectivity index (χ0v) is 24.6. The van der Waals surface area contributed by atoms with E-state index in [0.29, 0.717) is 30.7 Å². The minimum absolute atomic E-state index is 0.158. The van der Waals surface area contributed by atoms with Crippen molar-refractivity contribution in [1.82, 2.24) is 4.98 Å². The van der Waals surface area contributed by atoms with E-state index in [1.54, 1.807) is 30.3 Å². The average Bonchev–Trinajstić information content (AvgIpc) is 3.42. The van der Waals surface area contributed by atoms with Crippen LogP contribution in [0.1, 0.15) is 27.5 Å². The Bertz CT molecular complexity index is 1740. The van der Waals surface area contributed by atoms with Crippen LogP contribution in [-0.2, 0) is 22.4 Å². The van der Waals surface area contributed by atoms with E-state index in [1.165, 1.54) is 6.07 Å². The number of rotatable bonds is 5. The van der Waals surface area contributed by atoms with Gasteiger partial charge in [0.2, 0.25) is 11.8 Å². The van der Waals surface area contributed by atoms with E-state index in [-0.39, 0.29) is 17.2 Å². The average molecular weight is 682 g/mol. The Morgan fingerprint density at radius 1 is 1.00 bits per heavy atom. The molecule has 6 rings (SSSR count). The van der Waals surface area contributed by atoms with Crippen LogP contribution in [0.2, 0.25) is 5.02 Å². The normalized spacial score (nSPS) is 20.2. The highest BCUT2D eigenvalue weighted by Gasteiger charge is 2.57. The number of benzene rings is 3. The van der Waals surface area contributed by atoms with Gasteiger partial charge in [-0.1, -0.05) is 68.8 Å². The second-order valence-corrected chi connectivity index (χ2v) is 12.9. The molecule has 2 amide bonds. The zero-order chi connectivity index (χ0) is 29.1. The third-order valence-electron chi connectivity index (χ3n) is 6.87. The van der Waals surface area contributed by atoms with Crippen LogP contribution in [-0.4, -0.2) is 22.0 Å². The Kier molecular flexibility index (Phi) is 7.29. The number of hydrogen-bond acceptors (Lipinski definition) is 6. The highest BCUT2D eigenvalue weighted by Crippen LogP contribution is 2.55. The molecule has 2 aliphatic rings. The maximum atomic E-state index is 14.0. The van der Waals surface area contributed by atoms with E-state index in [4.69, 9.17) is 16.3 Å². The third-order valence-corrected chi connectivity index (χ3v) is 10.0. The Labute approximate surface area is 252 Å². The molecule has 210 valence electrons. The number of aromatic nitrogens is 1. The standard InChI is InChI=1S/C28H17BrClF3N2O4S2/c29-15-6-9-19(39-12-13-4-7-16(30)8-5-13)18(11-15)20-21-23(40-24-22(20)41-27(38)34-24)26(37)35(25(21)36)17-3-1-2-14(10-17)28(31,32)33/h1-11,20-21,23H,12H2,(H,34,38)/t20-,21-,23+/m0/s1. The van der Waals surface area contributed by atoms with Crippen molar-refractivity contribution in [2.75, 3.05) is 4.90 Å². The number of H-pyrrole nitrogens is 1. The summed E-state index contributed by atoms with van der Waals surface area (Å²) in [6.45, 7) is 0.181. The first-order valence-corrected chi connectivity index (χ1v) is 15.0. The van der Waals surface area contributed by atoms with Gasteiger partial charge >= 0.3 is 11.0 Å². The molecular formula is C28H17BrClF3N2O4S2. The SMILES string of the molecule is O=C1[C@H]2[C@H](c3cc(Br)ccc3OCc3ccc(Cl)cc3)c3sc(=O)[nH]c3S[C@H]2C(=O)N1c1cccc(C(F)(F)F)c1. The Morgan fingerprint density at radius 2 is 1.76 bits per heavy atom. The number of imide groups is 1. The van der Waals surface area contributed by atoms with E-state index in [9.17, 15) is 27.6 Å². The molecule has 1 fully saturated rings. The molecule has 1 aromatic heterocycles. The number of nitrogens with one attached hydrogen (secondary N) is 1. The quantitative estimate of drug-likeness (QED) is 0.225. The van der Waals surface area contributed by atoms with Gasteiger partial charge in [0.1, 0.15) is 17.6 Å². The monoisotopic (exact) mass is 680 g/mol. The summed E-state index contributed by atoms with van der Waals surface area (Å²) in [4.78, 5) is 43.9. The number of carbonyl (C=O) groups excluding carboxylic acids is 2. The lowest BCUT2D eigenvalue weighted by atomic mass is 9.82. The maximum absolute atomic E-state index is 14.0. The molecule has 0 bridgehead atoms. The van der Waals surface area contributed by atoms with Crippen molar-refractivity contribution in [2.45, 2.75) is 29.0 Å². The predicted molar refractivity (Wildman–Crippen MR) is 154 cm³/mol. The van der Waals surface area contributed by atoms with Gasteiger partial charge in [-0.3, -0.25) is 14.4 Å². The van der Waals surface area contributed by atoms with Crippen LogP contribution in [0.25, 0.3) is 0 Å². The van der Waals surface area contributed by atoms with Gasteiger partial charge in [-0.05, 0) is 54.1 Å². The van der Waals surface area contributed by atoms with E-state index >= 15 is 0 Å². The molecule has 3 heterocycles. The van der Waals surface area contributed by atoms with Gasteiger partial charge < -0.3 is 9.72 Å². The number of halogens is 5. The molecule has 0 aliphatic carbocycles. The van der Waals surface area contributed by atoms with Crippen LogP contribution in [0.4, 0.5) is 18.9 Å². The number of anilines is 1. The van der Waals surface area contributed by atoms with Crippen molar-refractivity contribution in [2.24, 2.45) is 5.92 Å². The number of thiazole rings is 1. The molecule has 13 heteroatoms. The summed E-state index contributed by atoms with van der Waals surface area (Å²) < 4.78 is 47.2. The fourth-order valence-corrected chi connectivity index (χ4v) is 8.07. The summed E-state index contributed by atoms with van der Waals surface area (Å²) in [7, 11) is 0. The lowest BCUT2D eigenvalue weighted by molar-refractivity contribution is -0.137. The minimum Gasteiger partial charge on any atom is -0.489 e. The number of nitrogens with zero attached hydrogens (tertiary/aromatic N) is 1. The topological polar surface area (TPSA) is 79.5 Å². The smallest absolute Gasteiger partial charge is 0.416 e. The first-order valence-electron chi connectivity index (χ1n) is 12.1. The van der Waals surface area contributed by atoms with Crippen molar-refractivity contribution in [3.63, 3.8) is 0 Å². The molecule has 3 atom stereocenters. The summed E-state index contributed by atoms with van der Waals surface area (Å²) in [6, 6.07) is 16.5. The molecule has 0 spiro atoms. The molecule has 3 aromatic carbocycles. The number of aromatic amines is 1. The third kappa shape index (κ3) is 5.22. The zero-order valence-electron chi connectivity index (χ0n) is 20.6. The molecule has 0 radical (unpaired) electrons. The Balaban J connectivity index is 1.43. The second-order valence-electron chi connectivity index (χ2n) is 9.41. The van der Waals surface area contributed by atoms with Crippen molar-refractivity contribution < 1.29 is 27.5 Å². The highest BCUT2D eigenvalue weighted by molar-refractivity contribution is 9.10. The lowest BCUT2D eigenvalue weighted by Gasteiger charge is -2.31. The number of hydrogen-bond donors (Lipinski definition) is 1. The molecule has 0 saturated carbocycles. The van der Waals surface area contributed by atoms with Crippen LogP contribution in [0.5, 0.6) is 5.75 Å². The van der Waals surface area contributed by atoms with Gasteiger partial charge in [0.15, 0.2) is 0 Å². The largest absolute Gasteiger partial charge is 0.489 e. The highest BCUT2D eigenvalue weighted by atomic mass is 79.9. The lowest BCUT2D eigenvalue weighted by Crippen LogP contribution is -2.32. The summed E-state index contributed by atoms with van der Waals surface area (Å²) >= 11 is 11.4. The number of fused-ring (bicyclic) bond motifs is 2. The minimum atomic E-state index is -4.65. The molecule has 41 heavy (non-hydrogen) atoms. The Hall–Kier alpha value is -3.06. The van der Waals surface area contributed by atoms with Gasteiger partial charge in [-0.2, -0.15) is 13.2 Å². The first kappa shape index (κ1) is 28.1. The number of alkyl halides is 3. The van der Waals surface area contributed by atoms with E-state index < -0.39 is 40.6 Å². The van der Waals surface area contributed by atoms with Crippen LogP contribution in [0.3, 0.4) is 0 Å². The predicted octanol–water partition coefficient (Wildman–Crippen LogP) is 7.25. The molecule has 6 nitrogen and oxygen atoms in total. The number of carbonyl (C=O) groups is 2.